The summed E-state index contributed by atoms with van der Waals surface area (Å²) >= 11 is 3.86. The highest BCUT2D eigenvalue weighted by Gasteiger charge is 2.64. The highest BCUT2D eigenvalue weighted by atomic mass is 79.9. The molecule has 0 N–H and O–H groups in total. The van der Waals surface area contributed by atoms with E-state index in [1.165, 1.54) is 135 Å². The van der Waals surface area contributed by atoms with Crippen LogP contribution in [0.5, 0.6) is 0 Å². The highest BCUT2D eigenvalue weighted by molar-refractivity contribution is 9.10. The molecule has 10 heteroatoms. The SMILES string of the molecule is CC1(C)OB(B2OC(C)(C)C(C)(C)O2)OC1(C)C.CC1(C)c2cc3c4ccccc4c4ccccc4c3cc2-c2c1cc(B1OC(C)(C)C(C)(C)O1)c1ccccc21.CC1(C)c2cc3c4ccccc4c4ccccc4c3cc2-c2c1cc(Br)c1ccccc21. The summed E-state index contributed by atoms with van der Waals surface area (Å²) in [5.74, 6) is 0. The molecule has 3 heterocycles. The standard InChI is InChI=1S/C37H33BO2.C31H21Br.C12H24B2O4/c1-35(2)31-20-29-25-16-10-8-14-23(25)22-13-7-9-15-24(22)28(29)19-30(31)34-27-18-12-11-17-26(27)33(21-32(34)35)38-39-36(3,4)37(5,6)40-38;1-31(2)27-16-25-21-12-6-4-10-19(21)18-9-3-5-11-20(18)24(25)15-26(27)30-23-14-8-7-13-22(23)29(32)17-28(30)31;1-9(2)10(3,4)16-13(15-9)14-17-11(5,6)12(7,8)18-14/h7-21H,1-6H3;3-17H,1-2H3;1-8H3. The molecule has 0 saturated carbocycles. The van der Waals surface area contributed by atoms with Crippen LogP contribution in [0, 0.1) is 0 Å². The number of hydrogen-bond donors (Lipinski definition) is 0. The monoisotopic (exact) mass is 1250 g/mol. The van der Waals surface area contributed by atoms with Crippen molar-refractivity contribution in [3.05, 3.63) is 209 Å². The summed E-state index contributed by atoms with van der Waals surface area (Å²) in [6.45, 7) is 34.2. The van der Waals surface area contributed by atoms with Crippen LogP contribution in [0.4, 0.5) is 0 Å². The van der Waals surface area contributed by atoms with Crippen LogP contribution in [-0.4, -0.2) is 54.7 Å². The van der Waals surface area contributed by atoms with Gasteiger partial charge in [0.1, 0.15) is 0 Å². The fourth-order valence-electron chi connectivity index (χ4n) is 15.1. The van der Waals surface area contributed by atoms with Gasteiger partial charge in [-0.3, -0.25) is 0 Å². The van der Waals surface area contributed by atoms with E-state index in [2.05, 4.69) is 253 Å². The summed E-state index contributed by atoms with van der Waals surface area (Å²) in [6, 6.07) is 67.5. The minimum Gasteiger partial charge on any atom is -0.405 e. The second kappa shape index (κ2) is 20.1. The summed E-state index contributed by atoms with van der Waals surface area (Å²) in [7, 11) is -1.36. The van der Waals surface area contributed by atoms with Crippen molar-refractivity contribution in [3.8, 4) is 22.3 Å². The molecule has 90 heavy (non-hydrogen) atoms. The Bertz CT molecular complexity index is 4960. The molecule has 0 radical (unpaired) electrons. The van der Waals surface area contributed by atoms with Crippen molar-refractivity contribution in [2.24, 2.45) is 0 Å². The molecule has 0 aromatic heterocycles. The van der Waals surface area contributed by atoms with Gasteiger partial charge in [0.05, 0.1) is 33.6 Å². The average molecular weight is 1250 g/mol. The van der Waals surface area contributed by atoms with Gasteiger partial charge in [-0.2, -0.15) is 0 Å². The van der Waals surface area contributed by atoms with Gasteiger partial charge in [-0.25, -0.2) is 0 Å². The molecule has 0 unspecified atom stereocenters. The van der Waals surface area contributed by atoms with E-state index in [1.54, 1.807) is 0 Å². The van der Waals surface area contributed by atoms with Gasteiger partial charge in [-0.15, -0.1) is 0 Å². The lowest BCUT2D eigenvalue weighted by Gasteiger charge is -2.32. The number of halogens is 1. The Kier molecular flexibility index (Phi) is 13.3. The Labute approximate surface area is 539 Å². The quantitative estimate of drug-likeness (QED) is 0.127. The zero-order valence-electron chi connectivity index (χ0n) is 54.9. The third kappa shape index (κ3) is 8.75. The van der Waals surface area contributed by atoms with Crippen molar-refractivity contribution in [3.63, 3.8) is 0 Å². The molecule has 3 fully saturated rings. The van der Waals surface area contributed by atoms with Crippen molar-refractivity contribution < 1.29 is 27.9 Å². The van der Waals surface area contributed by atoms with E-state index >= 15 is 0 Å². The topological polar surface area (TPSA) is 55.4 Å². The normalized spacial score (nSPS) is 19.8. The van der Waals surface area contributed by atoms with E-state index in [0.29, 0.717) is 0 Å². The molecule has 17 rings (SSSR count). The molecule has 0 bridgehead atoms. The third-order valence-corrected chi connectivity index (χ3v) is 23.0. The maximum atomic E-state index is 6.60. The first kappa shape index (κ1) is 59.5. The van der Waals surface area contributed by atoms with E-state index in [1.807, 2.05) is 55.4 Å². The van der Waals surface area contributed by atoms with Gasteiger partial charge in [-0.05, 0) is 250 Å². The predicted molar refractivity (Wildman–Crippen MR) is 384 cm³/mol. The minimum atomic E-state index is -0.476. The Balaban J connectivity index is 0.000000121. The molecular formula is C80H78B3BrO6. The van der Waals surface area contributed by atoms with Gasteiger partial charge in [0.15, 0.2) is 0 Å². The van der Waals surface area contributed by atoms with Crippen LogP contribution in [-0.2, 0) is 38.8 Å². The number of fused-ring (bicyclic) bond motifs is 22. The molecule has 0 atom stereocenters. The number of benzene rings is 12. The number of rotatable bonds is 2. The molecule has 2 aliphatic carbocycles. The second-order valence-electron chi connectivity index (χ2n) is 29.9. The van der Waals surface area contributed by atoms with Crippen molar-refractivity contribution in [1.82, 2.24) is 0 Å². The Morgan fingerprint density at radius 1 is 0.256 bits per heavy atom. The van der Waals surface area contributed by atoms with Crippen LogP contribution in [0.2, 0.25) is 0 Å². The summed E-state index contributed by atoms with van der Waals surface area (Å²) in [5.41, 5.74) is 9.66. The molecule has 12 aromatic carbocycles. The maximum absolute atomic E-state index is 6.60. The van der Waals surface area contributed by atoms with E-state index in [9.17, 15) is 0 Å². The highest BCUT2D eigenvalue weighted by Crippen LogP contribution is 2.57. The lowest BCUT2D eigenvalue weighted by molar-refractivity contribution is 0.00578. The first-order valence-electron chi connectivity index (χ1n) is 32.1. The van der Waals surface area contributed by atoms with Crippen LogP contribution in [0.3, 0.4) is 0 Å². The summed E-state index contributed by atoms with van der Waals surface area (Å²) in [4.78, 5) is 0. The third-order valence-electron chi connectivity index (χ3n) is 22.3. The van der Waals surface area contributed by atoms with Gasteiger partial charge >= 0.3 is 21.1 Å². The zero-order chi connectivity index (χ0) is 63.2. The maximum Gasteiger partial charge on any atom is 0.495 e. The fraction of sp³-hybridized carbons (Fsp3) is 0.300. The summed E-state index contributed by atoms with van der Waals surface area (Å²) < 4.78 is 38.2. The van der Waals surface area contributed by atoms with Crippen molar-refractivity contribution in [1.29, 1.82) is 0 Å². The van der Waals surface area contributed by atoms with E-state index < -0.39 is 32.3 Å². The van der Waals surface area contributed by atoms with E-state index in [0.717, 1.165) is 5.46 Å². The van der Waals surface area contributed by atoms with Crippen LogP contribution in [0.25, 0.3) is 108 Å². The molecule has 0 spiro atoms. The van der Waals surface area contributed by atoms with Gasteiger partial charge in [-0.1, -0.05) is 195 Å². The average Bonchev–Trinajstić information content (AvgIpc) is 1.51. The van der Waals surface area contributed by atoms with Gasteiger partial charge in [0.2, 0.25) is 0 Å². The predicted octanol–water partition coefficient (Wildman–Crippen LogP) is 20.5. The Hall–Kier alpha value is -6.85. The largest absolute Gasteiger partial charge is 0.495 e. The van der Waals surface area contributed by atoms with Crippen LogP contribution < -0.4 is 5.46 Å². The van der Waals surface area contributed by atoms with Crippen molar-refractivity contribution in [2.75, 3.05) is 0 Å². The van der Waals surface area contributed by atoms with Crippen molar-refractivity contribution >= 4 is 129 Å². The molecule has 12 aromatic rings. The van der Waals surface area contributed by atoms with E-state index in [4.69, 9.17) is 27.9 Å². The number of hydrogen-bond acceptors (Lipinski definition) is 6. The Morgan fingerprint density at radius 2 is 0.511 bits per heavy atom. The molecule has 450 valence electrons. The minimum absolute atomic E-state index is 0.0574. The lowest BCUT2D eigenvalue weighted by atomic mass is 9.49. The van der Waals surface area contributed by atoms with Crippen LogP contribution in [0.15, 0.2) is 186 Å². The first-order chi connectivity index (χ1) is 42.5. The van der Waals surface area contributed by atoms with Crippen molar-refractivity contribution in [2.45, 2.75) is 155 Å². The first-order valence-corrected chi connectivity index (χ1v) is 32.9. The zero-order valence-corrected chi connectivity index (χ0v) is 56.5. The summed E-state index contributed by atoms with van der Waals surface area (Å²) in [6.07, 6.45) is 0. The summed E-state index contributed by atoms with van der Waals surface area (Å²) in [5, 5.41) is 21.0. The molecule has 0 amide bonds. The van der Waals surface area contributed by atoms with Crippen LogP contribution >= 0.6 is 15.9 Å². The lowest BCUT2D eigenvalue weighted by Crippen LogP contribution is -2.41. The molecule has 3 aliphatic heterocycles. The van der Waals surface area contributed by atoms with E-state index in [-0.39, 0.29) is 33.2 Å². The Morgan fingerprint density at radius 3 is 0.856 bits per heavy atom. The van der Waals surface area contributed by atoms with Crippen LogP contribution in [0.1, 0.15) is 133 Å². The van der Waals surface area contributed by atoms with Gasteiger partial charge in [0, 0.05) is 15.3 Å². The second-order valence-corrected chi connectivity index (χ2v) is 30.8. The molecular weight excluding hydrogens is 1170 g/mol. The molecule has 6 nitrogen and oxygen atoms in total. The smallest absolute Gasteiger partial charge is 0.405 e. The molecule has 5 aliphatic rings. The van der Waals surface area contributed by atoms with Gasteiger partial charge < -0.3 is 27.9 Å². The fourth-order valence-corrected chi connectivity index (χ4v) is 15.7. The van der Waals surface area contributed by atoms with Gasteiger partial charge in [0.25, 0.3) is 0 Å². The molecule has 3 saturated heterocycles.